The van der Waals surface area contributed by atoms with Gasteiger partial charge in [-0.3, -0.25) is 14.2 Å². The zero-order valence-corrected chi connectivity index (χ0v) is 17.7. The van der Waals surface area contributed by atoms with E-state index < -0.39 is 17.2 Å². The molecule has 0 aliphatic rings. The van der Waals surface area contributed by atoms with Crippen LogP contribution >= 0.6 is 0 Å². The molecule has 31 heavy (non-hydrogen) atoms. The van der Waals surface area contributed by atoms with Crippen molar-refractivity contribution in [2.45, 2.75) is 20.0 Å². The predicted octanol–water partition coefficient (Wildman–Crippen LogP) is 2.56. The van der Waals surface area contributed by atoms with Crippen LogP contribution in [0.1, 0.15) is 21.6 Å². The molecule has 3 aromatic rings. The molecular weight excluding hydrogens is 399 g/mol. The molecule has 1 amide bonds. The number of carbonyl (C=O) groups is 1. The number of amides is 1. The molecule has 0 radical (unpaired) electrons. The van der Waals surface area contributed by atoms with Crippen LogP contribution in [0, 0.1) is 12.7 Å². The summed E-state index contributed by atoms with van der Waals surface area (Å²) in [5, 5.41) is 13.1. The lowest BCUT2D eigenvalue weighted by molar-refractivity contribution is 0.0942. The average Bonchev–Trinajstić information content (AvgIpc) is 2.74. The number of nitrogens with zero attached hydrogens (tertiary/aromatic N) is 3. The summed E-state index contributed by atoms with van der Waals surface area (Å²) in [6.07, 6.45) is 0. The zero-order chi connectivity index (χ0) is 22.5. The number of aromatic nitrogens is 2. The summed E-state index contributed by atoms with van der Waals surface area (Å²) in [4.78, 5) is 32.0. The molecule has 0 unspecified atom stereocenters. The van der Waals surface area contributed by atoms with Crippen molar-refractivity contribution in [1.29, 1.82) is 0 Å². The van der Waals surface area contributed by atoms with E-state index in [-0.39, 0.29) is 18.1 Å². The Balaban J connectivity index is 2.00. The first kappa shape index (κ1) is 22.2. The van der Waals surface area contributed by atoms with E-state index in [1.165, 1.54) is 16.7 Å². The fraction of sp³-hybridized carbons (Fsp3) is 0.261. The Morgan fingerprint density at radius 1 is 1.16 bits per heavy atom. The van der Waals surface area contributed by atoms with Crippen LogP contribution in [-0.2, 0) is 13.1 Å². The molecule has 2 aromatic carbocycles. The SMILES string of the molecule is Cc1ccccc1-c1nc(C(=O)NCc2ccc(F)cc2)c(O)c(=O)n1CCN(C)C. The topological polar surface area (TPSA) is 87.5 Å². The van der Waals surface area contributed by atoms with Crippen LogP contribution < -0.4 is 10.9 Å². The Labute approximate surface area is 179 Å². The lowest BCUT2D eigenvalue weighted by Gasteiger charge is -2.18. The number of aryl methyl sites for hydroxylation is 1. The third kappa shape index (κ3) is 5.16. The van der Waals surface area contributed by atoms with E-state index in [1.807, 2.05) is 50.2 Å². The van der Waals surface area contributed by atoms with Crippen LogP contribution in [0.5, 0.6) is 5.75 Å². The third-order valence-electron chi connectivity index (χ3n) is 4.88. The second-order valence-corrected chi connectivity index (χ2v) is 7.52. The minimum atomic E-state index is -0.701. The van der Waals surface area contributed by atoms with Crippen molar-refractivity contribution in [3.05, 3.63) is 81.5 Å². The summed E-state index contributed by atoms with van der Waals surface area (Å²) in [6, 6.07) is 13.1. The van der Waals surface area contributed by atoms with Crippen molar-refractivity contribution >= 4 is 5.91 Å². The molecule has 0 saturated heterocycles. The predicted molar refractivity (Wildman–Crippen MR) is 116 cm³/mol. The minimum absolute atomic E-state index is 0.101. The Morgan fingerprint density at radius 2 is 1.84 bits per heavy atom. The molecule has 2 N–H and O–H groups in total. The van der Waals surface area contributed by atoms with Gasteiger partial charge in [0.15, 0.2) is 5.69 Å². The molecular formula is C23H25FN4O3. The van der Waals surface area contributed by atoms with Gasteiger partial charge in [-0.05, 0) is 44.3 Å². The van der Waals surface area contributed by atoms with Gasteiger partial charge in [0.25, 0.3) is 11.5 Å². The number of benzene rings is 2. The van der Waals surface area contributed by atoms with Gasteiger partial charge in [0.1, 0.15) is 11.6 Å². The van der Waals surface area contributed by atoms with E-state index in [0.717, 1.165) is 5.56 Å². The highest BCUT2D eigenvalue weighted by Crippen LogP contribution is 2.23. The van der Waals surface area contributed by atoms with E-state index in [9.17, 15) is 19.1 Å². The number of hydrogen-bond donors (Lipinski definition) is 2. The second-order valence-electron chi connectivity index (χ2n) is 7.52. The molecule has 7 nitrogen and oxygen atoms in total. The lowest BCUT2D eigenvalue weighted by atomic mass is 10.1. The number of aromatic hydroxyl groups is 1. The maximum absolute atomic E-state index is 13.1. The average molecular weight is 424 g/mol. The molecule has 162 valence electrons. The maximum atomic E-state index is 13.1. The third-order valence-corrected chi connectivity index (χ3v) is 4.88. The van der Waals surface area contributed by atoms with Crippen molar-refractivity contribution in [2.24, 2.45) is 0 Å². The fourth-order valence-corrected chi connectivity index (χ4v) is 3.11. The van der Waals surface area contributed by atoms with Crippen LogP contribution in [-0.4, -0.2) is 46.1 Å². The van der Waals surface area contributed by atoms with Crippen LogP contribution in [0.3, 0.4) is 0 Å². The molecule has 0 atom stereocenters. The number of hydrogen-bond acceptors (Lipinski definition) is 5. The first-order chi connectivity index (χ1) is 14.8. The second kappa shape index (κ2) is 9.53. The van der Waals surface area contributed by atoms with Crippen LogP contribution in [0.4, 0.5) is 4.39 Å². The first-order valence-corrected chi connectivity index (χ1v) is 9.85. The molecule has 8 heteroatoms. The minimum Gasteiger partial charge on any atom is -0.501 e. The largest absolute Gasteiger partial charge is 0.501 e. The Kier molecular flexibility index (Phi) is 6.81. The van der Waals surface area contributed by atoms with Crippen LogP contribution in [0.15, 0.2) is 53.3 Å². The summed E-state index contributed by atoms with van der Waals surface area (Å²) < 4.78 is 14.4. The maximum Gasteiger partial charge on any atom is 0.296 e. The zero-order valence-electron chi connectivity index (χ0n) is 17.7. The number of nitrogens with one attached hydrogen (secondary N) is 1. The summed E-state index contributed by atoms with van der Waals surface area (Å²) >= 11 is 0. The number of halogens is 1. The van der Waals surface area contributed by atoms with Gasteiger partial charge in [-0.1, -0.05) is 36.4 Å². The van der Waals surface area contributed by atoms with E-state index in [1.54, 1.807) is 12.1 Å². The molecule has 3 rings (SSSR count). The summed E-state index contributed by atoms with van der Waals surface area (Å²) in [7, 11) is 3.76. The van der Waals surface area contributed by atoms with E-state index in [4.69, 9.17) is 0 Å². The van der Waals surface area contributed by atoms with Gasteiger partial charge in [-0.2, -0.15) is 0 Å². The van der Waals surface area contributed by atoms with E-state index >= 15 is 0 Å². The van der Waals surface area contributed by atoms with Gasteiger partial charge in [-0.15, -0.1) is 0 Å². The molecule has 0 bridgehead atoms. The molecule has 0 saturated carbocycles. The number of rotatable bonds is 7. The molecule has 0 spiro atoms. The molecule has 1 heterocycles. The number of carbonyl (C=O) groups excluding carboxylic acids is 1. The molecule has 0 fully saturated rings. The van der Waals surface area contributed by atoms with Crippen molar-refractivity contribution in [3.63, 3.8) is 0 Å². The van der Waals surface area contributed by atoms with Crippen molar-refractivity contribution in [2.75, 3.05) is 20.6 Å². The van der Waals surface area contributed by atoms with Gasteiger partial charge in [0, 0.05) is 25.2 Å². The Bertz CT molecular complexity index is 1140. The Morgan fingerprint density at radius 3 is 2.48 bits per heavy atom. The fourth-order valence-electron chi connectivity index (χ4n) is 3.11. The van der Waals surface area contributed by atoms with E-state index in [0.29, 0.717) is 30.0 Å². The molecule has 0 aliphatic carbocycles. The normalized spacial score (nSPS) is 11.0. The first-order valence-electron chi connectivity index (χ1n) is 9.85. The van der Waals surface area contributed by atoms with Crippen LogP contribution in [0.25, 0.3) is 11.4 Å². The van der Waals surface area contributed by atoms with E-state index in [2.05, 4.69) is 10.3 Å². The van der Waals surface area contributed by atoms with Crippen molar-refractivity contribution in [3.8, 4) is 17.1 Å². The summed E-state index contributed by atoms with van der Waals surface area (Å²) in [5.41, 5.74) is 1.24. The van der Waals surface area contributed by atoms with Gasteiger partial charge in [-0.25, -0.2) is 9.37 Å². The quantitative estimate of drug-likeness (QED) is 0.609. The summed E-state index contributed by atoms with van der Waals surface area (Å²) in [6.45, 7) is 2.84. The van der Waals surface area contributed by atoms with Gasteiger partial charge in [0.2, 0.25) is 5.75 Å². The summed E-state index contributed by atoms with van der Waals surface area (Å²) in [5.74, 6) is -1.45. The highest BCUT2D eigenvalue weighted by atomic mass is 19.1. The smallest absolute Gasteiger partial charge is 0.296 e. The van der Waals surface area contributed by atoms with Gasteiger partial charge in [0.05, 0.1) is 0 Å². The van der Waals surface area contributed by atoms with Crippen LogP contribution in [0.2, 0.25) is 0 Å². The number of likely N-dealkylation sites (N-methyl/N-ethyl adjacent to an activating group) is 1. The molecule has 1 aromatic heterocycles. The monoisotopic (exact) mass is 424 g/mol. The van der Waals surface area contributed by atoms with Gasteiger partial charge >= 0.3 is 0 Å². The lowest BCUT2D eigenvalue weighted by Crippen LogP contribution is -2.32. The molecule has 0 aliphatic heterocycles. The van der Waals surface area contributed by atoms with Crippen molar-refractivity contribution < 1.29 is 14.3 Å². The highest BCUT2D eigenvalue weighted by Gasteiger charge is 2.22. The van der Waals surface area contributed by atoms with Gasteiger partial charge < -0.3 is 15.3 Å². The van der Waals surface area contributed by atoms with Crippen molar-refractivity contribution in [1.82, 2.24) is 19.8 Å². The Hall–Kier alpha value is -3.52. The standard InChI is InChI=1S/C23H25FN4O3/c1-15-6-4-5-7-18(15)21-26-19(20(29)23(31)28(21)13-12-27(2)3)22(30)25-14-16-8-10-17(24)11-9-16/h4-11,29H,12-14H2,1-3H3,(H,25,30). The highest BCUT2D eigenvalue weighted by molar-refractivity contribution is 5.95.